The van der Waals surface area contributed by atoms with Crippen molar-refractivity contribution in [3.8, 4) is 5.75 Å². The predicted molar refractivity (Wildman–Crippen MR) is 106 cm³/mol. The second-order valence-electron chi connectivity index (χ2n) is 6.16. The standard InChI is InChI=1S/C21H19N3O2S/c25-20(22-13-18-14-24-10-11-27-21(24)23-18)15-26-19-9-5-4-8-17(19)12-16-6-2-1-3-7-16/h1-11,14H,12-13,15H2,(H,22,25). The number of carbonyl (C=O) groups is 1. The third-order valence-corrected chi connectivity index (χ3v) is 4.95. The van der Waals surface area contributed by atoms with E-state index in [0.717, 1.165) is 28.4 Å². The van der Waals surface area contributed by atoms with Crippen LogP contribution in [0.1, 0.15) is 16.8 Å². The number of hydrogen-bond donors (Lipinski definition) is 1. The maximum absolute atomic E-state index is 12.1. The minimum atomic E-state index is -0.166. The highest BCUT2D eigenvalue weighted by Crippen LogP contribution is 2.21. The Morgan fingerprint density at radius 1 is 1.11 bits per heavy atom. The zero-order chi connectivity index (χ0) is 18.5. The first-order valence-corrected chi connectivity index (χ1v) is 9.58. The first kappa shape index (κ1) is 17.3. The van der Waals surface area contributed by atoms with Crippen LogP contribution < -0.4 is 10.1 Å². The fourth-order valence-electron chi connectivity index (χ4n) is 2.85. The molecule has 0 radical (unpaired) electrons. The molecule has 0 saturated carbocycles. The number of para-hydroxylation sites is 1. The normalized spacial score (nSPS) is 10.8. The molecule has 0 aliphatic heterocycles. The lowest BCUT2D eigenvalue weighted by atomic mass is 10.0. The second kappa shape index (κ2) is 8.05. The van der Waals surface area contributed by atoms with Gasteiger partial charge in [0.25, 0.3) is 5.91 Å². The molecule has 1 N–H and O–H groups in total. The predicted octanol–water partition coefficient (Wildman–Crippen LogP) is 3.68. The average molecular weight is 377 g/mol. The van der Waals surface area contributed by atoms with Crippen molar-refractivity contribution >= 4 is 22.2 Å². The molecule has 1 amide bonds. The van der Waals surface area contributed by atoms with Gasteiger partial charge in [0.15, 0.2) is 11.6 Å². The van der Waals surface area contributed by atoms with Gasteiger partial charge in [-0.15, -0.1) is 11.3 Å². The SMILES string of the molecule is O=C(COc1ccccc1Cc1ccccc1)NCc1cn2ccsc2n1. The van der Waals surface area contributed by atoms with Crippen LogP contribution in [0.5, 0.6) is 5.75 Å². The van der Waals surface area contributed by atoms with Crippen molar-refractivity contribution in [2.75, 3.05) is 6.61 Å². The Balaban J connectivity index is 1.32. The Kier molecular flexibility index (Phi) is 5.16. The third-order valence-electron chi connectivity index (χ3n) is 4.18. The van der Waals surface area contributed by atoms with Gasteiger partial charge >= 0.3 is 0 Å². The van der Waals surface area contributed by atoms with E-state index < -0.39 is 0 Å². The summed E-state index contributed by atoms with van der Waals surface area (Å²) >= 11 is 1.57. The lowest BCUT2D eigenvalue weighted by Gasteiger charge is -2.11. The molecule has 0 spiro atoms. The summed E-state index contributed by atoms with van der Waals surface area (Å²) in [7, 11) is 0. The van der Waals surface area contributed by atoms with Gasteiger partial charge in [-0.05, 0) is 17.2 Å². The van der Waals surface area contributed by atoms with E-state index in [9.17, 15) is 4.79 Å². The number of rotatable bonds is 7. The largest absolute Gasteiger partial charge is 0.483 e. The number of thiazole rings is 1. The van der Waals surface area contributed by atoms with Gasteiger partial charge in [-0.2, -0.15) is 0 Å². The zero-order valence-corrected chi connectivity index (χ0v) is 15.5. The number of benzene rings is 2. The molecule has 0 bridgehead atoms. The number of nitrogens with zero attached hydrogens (tertiary/aromatic N) is 2. The van der Waals surface area contributed by atoms with E-state index in [0.29, 0.717) is 6.54 Å². The molecular formula is C21H19N3O2S. The van der Waals surface area contributed by atoms with E-state index >= 15 is 0 Å². The van der Waals surface area contributed by atoms with Crippen LogP contribution in [0.25, 0.3) is 4.96 Å². The van der Waals surface area contributed by atoms with E-state index in [4.69, 9.17) is 4.74 Å². The zero-order valence-electron chi connectivity index (χ0n) is 14.7. The number of nitrogens with one attached hydrogen (secondary N) is 1. The molecule has 0 unspecified atom stereocenters. The summed E-state index contributed by atoms with van der Waals surface area (Å²) in [5, 5.41) is 4.83. The second-order valence-corrected chi connectivity index (χ2v) is 7.03. The van der Waals surface area contributed by atoms with Crippen LogP contribution in [-0.2, 0) is 17.8 Å². The molecule has 0 atom stereocenters. The van der Waals surface area contributed by atoms with E-state index in [1.807, 2.05) is 64.6 Å². The number of hydrogen-bond acceptors (Lipinski definition) is 4. The van der Waals surface area contributed by atoms with E-state index in [1.54, 1.807) is 11.3 Å². The van der Waals surface area contributed by atoms with Crippen molar-refractivity contribution in [2.24, 2.45) is 0 Å². The molecule has 4 aromatic rings. The summed E-state index contributed by atoms with van der Waals surface area (Å²) in [5.41, 5.74) is 3.10. The first-order chi connectivity index (χ1) is 13.3. The lowest BCUT2D eigenvalue weighted by Crippen LogP contribution is -2.28. The van der Waals surface area contributed by atoms with Crippen LogP contribution in [0.3, 0.4) is 0 Å². The molecule has 0 aliphatic rings. The van der Waals surface area contributed by atoms with Gasteiger partial charge in [0.2, 0.25) is 0 Å². The molecule has 0 aliphatic carbocycles. The van der Waals surface area contributed by atoms with E-state index in [2.05, 4.69) is 22.4 Å². The summed E-state index contributed by atoms with van der Waals surface area (Å²) in [5.74, 6) is 0.569. The van der Waals surface area contributed by atoms with Gasteiger partial charge in [-0.1, -0.05) is 48.5 Å². The Labute approximate surface area is 161 Å². The van der Waals surface area contributed by atoms with Gasteiger partial charge in [-0.25, -0.2) is 4.98 Å². The average Bonchev–Trinajstić information content (AvgIpc) is 3.28. The van der Waals surface area contributed by atoms with Crippen molar-refractivity contribution in [2.45, 2.75) is 13.0 Å². The number of ether oxygens (including phenoxy) is 1. The quantitative estimate of drug-likeness (QED) is 0.534. The van der Waals surface area contributed by atoms with Crippen LogP contribution in [0.4, 0.5) is 0 Å². The van der Waals surface area contributed by atoms with Gasteiger partial charge in [0.1, 0.15) is 5.75 Å². The number of fused-ring (bicyclic) bond motifs is 1. The van der Waals surface area contributed by atoms with Crippen molar-refractivity contribution in [3.05, 3.63) is 89.2 Å². The van der Waals surface area contributed by atoms with Crippen molar-refractivity contribution in [1.29, 1.82) is 0 Å². The van der Waals surface area contributed by atoms with Gasteiger partial charge in [-0.3, -0.25) is 9.20 Å². The van der Waals surface area contributed by atoms with E-state index in [-0.39, 0.29) is 12.5 Å². The van der Waals surface area contributed by atoms with Gasteiger partial charge < -0.3 is 10.1 Å². The highest BCUT2D eigenvalue weighted by Gasteiger charge is 2.09. The van der Waals surface area contributed by atoms with Crippen LogP contribution in [-0.4, -0.2) is 21.9 Å². The maximum Gasteiger partial charge on any atom is 0.258 e. The number of imidazole rings is 1. The van der Waals surface area contributed by atoms with Crippen LogP contribution in [0.2, 0.25) is 0 Å². The number of carbonyl (C=O) groups excluding carboxylic acids is 1. The highest BCUT2D eigenvalue weighted by atomic mass is 32.1. The summed E-state index contributed by atoms with van der Waals surface area (Å²) in [6.45, 7) is 0.371. The molecule has 4 rings (SSSR count). The molecule has 2 heterocycles. The number of aromatic nitrogens is 2. The minimum absolute atomic E-state index is 0.0198. The maximum atomic E-state index is 12.1. The summed E-state index contributed by atoms with van der Waals surface area (Å²) < 4.78 is 7.71. The Hall–Kier alpha value is -3.12. The smallest absolute Gasteiger partial charge is 0.258 e. The van der Waals surface area contributed by atoms with E-state index in [1.165, 1.54) is 5.56 Å². The van der Waals surface area contributed by atoms with Crippen LogP contribution in [0, 0.1) is 0 Å². The summed E-state index contributed by atoms with van der Waals surface area (Å²) in [6, 6.07) is 18.0. The molecule has 136 valence electrons. The number of amides is 1. The fourth-order valence-corrected chi connectivity index (χ4v) is 3.57. The van der Waals surface area contributed by atoms with Crippen LogP contribution in [0.15, 0.2) is 72.4 Å². The molecular weight excluding hydrogens is 358 g/mol. The fraction of sp³-hybridized carbons (Fsp3) is 0.143. The topological polar surface area (TPSA) is 55.6 Å². The molecule has 6 heteroatoms. The third kappa shape index (κ3) is 4.35. The Morgan fingerprint density at radius 2 is 1.93 bits per heavy atom. The Morgan fingerprint density at radius 3 is 2.78 bits per heavy atom. The van der Waals surface area contributed by atoms with Crippen molar-refractivity contribution < 1.29 is 9.53 Å². The Bertz CT molecular complexity index is 1010. The van der Waals surface area contributed by atoms with Gasteiger partial charge in [0, 0.05) is 24.2 Å². The van der Waals surface area contributed by atoms with Gasteiger partial charge in [0.05, 0.1) is 12.2 Å². The monoisotopic (exact) mass is 377 g/mol. The molecule has 0 saturated heterocycles. The van der Waals surface area contributed by atoms with Crippen molar-refractivity contribution in [1.82, 2.24) is 14.7 Å². The highest BCUT2D eigenvalue weighted by molar-refractivity contribution is 7.15. The molecule has 5 nitrogen and oxygen atoms in total. The molecule has 0 fully saturated rings. The summed E-state index contributed by atoms with van der Waals surface area (Å²) in [4.78, 5) is 17.5. The molecule has 2 aromatic heterocycles. The molecule has 27 heavy (non-hydrogen) atoms. The first-order valence-electron chi connectivity index (χ1n) is 8.70. The van der Waals surface area contributed by atoms with Crippen LogP contribution >= 0.6 is 11.3 Å². The van der Waals surface area contributed by atoms with Crippen molar-refractivity contribution in [3.63, 3.8) is 0 Å². The lowest BCUT2D eigenvalue weighted by molar-refractivity contribution is -0.123. The molecule has 2 aromatic carbocycles. The summed E-state index contributed by atoms with van der Waals surface area (Å²) in [6.07, 6.45) is 4.64. The minimum Gasteiger partial charge on any atom is -0.483 e.